The Hall–Kier alpha value is -1.30. The number of hydrogen-bond acceptors (Lipinski definition) is 3. The zero-order valence-corrected chi connectivity index (χ0v) is 11.5. The molecule has 104 valence electrons. The molecule has 18 heavy (non-hydrogen) atoms. The number of urea groups is 1. The van der Waals surface area contributed by atoms with Gasteiger partial charge in [0.15, 0.2) is 6.10 Å². The number of ether oxygens (including phenoxy) is 1. The van der Waals surface area contributed by atoms with Gasteiger partial charge in [0.2, 0.25) is 0 Å². The van der Waals surface area contributed by atoms with Crippen molar-refractivity contribution in [2.24, 2.45) is 0 Å². The molecule has 1 atom stereocenters. The molecule has 2 amide bonds. The average molecular weight is 258 g/mol. The Morgan fingerprint density at radius 1 is 1.50 bits per heavy atom. The van der Waals surface area contributed by atoms with Crippen molar-refractivity contribution in [1.29, 1.82) is 0 Å². The Balaban J connectivity index is 2.69. The Morgan fingerprint density at radius 3 is 2.61 bits per heavy atom. The summed E-state index contributed by atoms with van der Waals surface area (Å²) in [5.74, 6) is -1.02. The Labute approximate surface area is 107 Å². The molecule has 0 saturated carbocycles. The quantitative estimate of drug-likeness (QED) is 0.820. The molecule has 1 fully saturated rings. The Kier molecular flexibility index (Phi) is 4.56. The average Bonchev–Trinajstić information content (AvgIpc) is 2.37. The van der Waals surface area contributed by atoms with Crippen LogP contribution in [0.25, 0.3) is 0 Å². The van der Waals surface area contributed by atoms with Crippen LogP contribution < -0.4 is 0 Å². The number of carbonyl (C=O) groups is 2. The summed E-state index contributed by atoms with van der Waals surface area (Å²) in [6.45, 7) is 6.80. The molecule has 1 N–H and O–H groups in total. The molecule has 1 rings (SSSR count). The maximum Gasteiger partial charge on any atom is 0.334 e. The van der Waals surface area contributed by atoms with Gasteiger partial charge in [0.1, 0.15) is 0 Å². The topological polar surface area (TPSA) is 70.1 Å². The van der Waals surface area contributed by atoms with E-state index < -0.39 is 12.1 Å². The van der Waals surface area contributed by atoms with Crippen LogP contribution in [0.2, 0.25) is 0 Å². The van der Waals surface area contributed by atoms with Crippen LogP contribution in [0.15, 0.2) is 0 Å². The van der Waals surface area contributed by atoms with E-state index in [1.54, 1.807) is 16.8 Å². The molecule has 1 heterocycles. The molecule has 1 unspecified atom stereocenters. The van der Waals surface area contributed by atoms with Gasteiger partial charge >= 0.3 is 12.0 Å². The van der Waals surface area contributed by atoms with Crippen LogP contribution in [0.3, 0.4) is 0 Å². The van der Waals surface area contributed by atoms with Crippen molar-refractivity contribution in [1.82, 2.24) is 9.80 Å². The second kappa shape index (κ2) is 5.56. The van der Waals surface area contributed by atoms with Crippen LogP contribution in [0.5, 0.6) is 0 Å². The summed E-state index contributed by atoms with van der Waals surface area (Å²) < 4.78 is 5.10. The van der Waals surface area contributed by atoms with Gasteiger partial charge in [-0.1, -0.05) is 6.92 Å². The van der Waals surface area contributed by atoms with Crippen molar-refractivity contribution in [3.63, 3.8) is 0 Å². The maximum atomic E-state index is 12.3. The maximum absolute atomic E-state index is 12.3. The fraction of sp³-hybridized carbons (Fsp3) is 0.833. The minimum absolute atomic E-state index is 0.109. The molecular formula is C12H22N2O4. The lowest BCUT2D eigenvalue weighted by molar-refractivity contribution is -0.154. The highest BCUT2D eigenvalue weighted by Crippen LogP contribution is 2.19. The van der Waals surface area contributed by atoms with Crippen LogP contribution in [0, 0.1) is 0 Å². The standard InChI is InChI=1S/C12H22N2O4/c1-5-12(2,3)13(4)11(17)14-6-7-18-9(8-14)10(15)16/h9H,5-8H2,1-4H3,(H,15,16). The lowest BCUT2D eigenvalue weighted by atomic mass is 10.0. The van der Waals surface area contributed by atoms with E-state index in [9.17, 15) is 9.59 Å². The number of carbonyl (C=O) groups excluding carboxylic acids is 1. The summed E-state index contributed by atoms with van der Waals surface area (Å²) in [6, 6.07) is -0.142. The van der Waals surface area contributed by atoms with Gasteiger partial charge in [0.25, 0.3) is 0 Å². The van der Waals surface area contributed by atoms with E-state index in [0.717, 1.165) is 6.42 Å². The van der Waals surface area contributed by atoms with Crippen LogP contribution >= 0.6 is 0 Å². The van der Waals surface area contributed by atoms with Gasteiger partial charge in [-0.15, -0.1) is 0 Å². The Bertz CT molecular complexity index is 330. The largest absolute Gasteiger partial charge is 0.479 e. The zero-order chi connectivity index (χ0) is 13.9. The zero-order valence-electron chi connectivity index (χ0n) is 11.5. The van der Waals surface area contributed by atoms with E-state index in [0.29, 0.717) is 6.54 Å². The summed E-state index contributed by atoms with van der Waals surface area (Å²) >= 11 is 0. The van der Waals surface area contributed by atoms with E-state index in [1.165, 1.54) is 0 Å². The lowest BCUT2D eigenvalue weighted by Crippen LogP contribution is -2.56. The van der Waals surface area contributed by atoms with Crippen molar-refractivity contribution in [3.05, 3.63) is 0 Å². The predicted octanol–water partition coefficient (Wildman–Crippen LogP) is 1.01. The number of carboxylic acid groups (broad SMARTS) is 1. The molecule has 1 aliphatic rings. The SMILES string of the molecule is CCC(C)(C)N(C)C(=O)N1CCOC(C(=O)O)C1. The molecule has 0 aromatic carbocycles. The highest BCUT2D eigenvalue weighted by atomic mass is 16.5. The van der Waals surface area contributed by atoms with Crippen molar-refractivity contribution < 1.29 is 19.4 Å². The normalized spacial score (nSPS) is 20.7. The Morgan fingerprint density at radius 2 is 2.11 bits per heavy atom. The second-order valence-corrected chi connectivity index (χ2v) is 5.15. The van der Waals surface area contributed by atoms with Crippen LogP contribution in [0.4, 0.5) is 4.79 Å². The third-order valence-electron chi connectivity index (χ3n) is 3.67. The predicted molar refractivity (Wildman–Crippen MR) is 66.5 cm³/mol. The summed E-state index contributed by atoms with van der Waals surface area (Å²) in [5, 5.41) is 8.91. The van der Waals surface area contributed by atoms with Gasteiger partial charge in [0, 0.05) is 19.1 Å². The van der Waals surface area contributed by atoms with Gasteiger partial charge in [-0.25, -0.2) is 9.59 Å². The smallest absolute Gasteiger partial charge is 0.334 e. The third-order valence-corrected chi connectivity index (χ3v) is 3.67. The van der Waals surface area contributed by atoms with Gasteiger partial charge in [-0.2, -0.15) is 0 Å². The molecule has 0 aromatic heterocycles. The van der Waals surface area contributed by atoms with E-state index in [1.807, 2.05) is 20.8 Å². The minimum Gasteiger partial charge on any atom is -0.479 e. The number of morpholine rings is 1. The molecule has 0 aromatic rings. The first-order valence-electron chi connectivity index (χ1n) is 6.16. The number of rotatable bonds is 3. The number of amides is 2. The fourth-order valence-electron chi connectivity index (χ4n) is 1.68. The molecule has 0 aliphatic carbocycles. The monoisotopic (exact) mass is 258 g/mol. The fourth-order valence-corrected chi connectivity index (χ4v) is 1.68. The van der Waals surface area contributed by atoms with Gasteiger partial charge in [0.05, 0.1) is 13.2 Å². The lowest BCUT2D eigenvalue weighted by Gasteiger charge is -2.40. The molecular weight excluding hydrogens is 236 g/mol. The summed E-state index contributed by atoms with van der Waals surface area (Å²) in [7, 11) is 1.75. The third kappa shape index (κ3) is 3.13. The molecule has 0 radical (unpaired) electrons. The van der Waals surface area contributed by atoms with Gasteiger partial charge in [-0.3, -0.25) is 0 Å². The highest BCUT2D eigenvalue weighted by molar-refractivity contribution is 5.77. The van der Waals surface area contributed by atoms with E-state index in [2.05, 4.69) is 0 Å². The number of aliphatic carboxylic acids is 1. The minimum atomic E-state index is -1.02. The van der Waals surface area contributed by atoms with Crippen LogP contribution in [-0.2, 0) is 9.53 Å². The number of nitrogens with zero attached hydrogens (tertiary/aromatic N) is 2. The summed E-state index contributed by atoms with van der Waals surface area (Å²) in [5.41, 5.74) is -0.242. The van der Waals surface area contributed by atoms with Gasteiger partial charge < -0.3 is 19.6 Å². The van der Waals surface area contributed by atoms with Crippen molar-refractivity contribution >= 4 is 12.0 Å². The van der Waals surface area contributed by atoms with E-state index >= 15 is 0 Å². The molecule has 6 heteroatoms. The number of hydrogen-bond donors (Lipinski definition) is 1. The van der Waals surface area contributed by atoms with Crippen LogP contribution in [-0.4, -0.2) is 65.3 Å². The first kappa shape index (κ1) is 14.8. The first-order valence-corrected chi connectivity index (χ1v) is 6.16. The molecule has 1 aliphatic heterocycles. The summed E-state index contributed by atoms with van der Waals surface area (Å²) in [4.78, 5) is 26.3. The van der Waals surface area contributed by atoms with E-state index in [-0.39, 0.29) is 24.7 Å². The molecule has 0 bridgehead atoms. The second-order valence-electron chi connectivity index (χ2n) is 5.15. The molecule has 1 saturated heterocycles. The van der Waals surface area contributed by atoms with Crippen molar-refractivity contribution in [2.75, 3.05) is 26.7 Å². The van der Waals surface area contributed by atoms with Gasteiger partial charge in [-0.05, 0) is 20.3 Å². The molecule has 6 nitrogen and oxygen atoms in total. The summed E-state index contributed by atoms with van der Waals surface area (Å²) in [6.07, 6.45) is -0.0806. The van der Waals surface area contributed by atoms with Crippen molar-refractivity contribution in [2.45, 2.75) is 38.8 Å². The molecule has 0 spiro atoms. The van der Waals surface area contributed by atoms with E-state index in [4.69, 9.17) is 9.84 Å². The first-order chi connectivity index (χ1) is 8.29. The van der Waals surface area contributed by atoms with Crippen molar-refractivity contribution in [3.8, 4) is 0 Å². The van der Waals surface area contributed by atoms with Crippen LogP contribution in [0.1, 0.15) is 27.2 Å². The number of carboxylic acids is 1. The highest BCUT2D eigenvalue weighted by Gasteiger charge is 2.34.